The molecule has 2 saturated heterocycles. The van der Waals surface area contributed by atoms with Crippen molar-refractivity contribution in [3.05, 3.63) is 86.8 Å². The molecule has 2 amide bonds. The van der Waals surface area contributed by atoms with Gasteiger partial charge in [0.15, 0.2) is 0 Å². The second-order valence-corrected chi connectivity index (χ2v) is 11.9. The lowest BCUT2D eigenvalue weighted by Crippen LogP contribution is -2.42. The quantitative estimate of drug-likeness (QED) is 0.458. The Hall–Kier alpha value is -3.16. The minimum atomic E-state index is -0.183. The lowest BCUT2D eigenvalue weighted by molar-refractivity contribution is 0.0713. The van der Waals surface area contributed by atoms with Crippen LogP contribution in [-0.4, -0.2) is 52.9 Å². The molecule has 204 valence electrons. The average molecular weight is 547 g/mol. The molecule has 1 N–H and O–H groups in total. The van der Waals surface area contributed by atoms with Gasteiger partial charge in [-0.15, -0.1) is 0 Å². The Bertz CT molecular complexity index is 1390. The van der Waals surface area contributed by atoms with E-state index in [9.17, 15) is 9.59 Å². The molecular formula is C31H35ClN4O3. The molecule has 39 heavy (non-hydrogen) atoms. The second-order valence-electron chi connectivity index (χ2n) is 11.5. The van der Waals surface area contributed by atoms with Gasteiger partial charge in [0.25, 0.3) is 11.8 Å². The number of nitrogens with one attached hydrogen (secondary N) is 1. The second kappa shape index (κ2) is 10.4. The molecule has 0 radical (unpaired) electrons. The van der Waals surface area contributed by atoms with E-state index in [1.165, 1.54) is 11.1 Å². The van der Waals surface area contributed by atoms with Crippen LogP contribution in [0.15, 0.2) is 47.0 Å². The molecule has 6 rings (SSSR count). The van der Waals surface area contributed by atoms with E-state index in [0.717, 1.165) is 81.8 Å². The van der Waals surface area contributed by atoms with Crippen LogP contribution >= 0.6 is 11.6 Å². The van der Waals surface area contributed by atoms with Gasteiger partial charge in [0.1, 0.15) is 5.76 Å². The molecule has 2 aliphatic heterocycles. The van der Waals surface area contributed by atoms with Crippen LogP contribution in [0.4, 0.5) is 0 Å². The lowest BCUT2D eigenvalue weighted by atomic mass is 9.77. The molecule has 1 unspecified atom stereocenters. The van der Waals surface area contributed by atoms with Crippen LogP contribution in [0.5, 0.6) is 0 Å². The summed E-state index contributed by atoms with van der Waals surface area (Å²) in [6.07, 6.45) is 4.95. The Kier molecular flexibility index (Phi) is 6.98. The summed E-state index contributed by atoms with van der Waals surface area (Å²) in [7, 11) is 0. The third-order valence-corrected chi connectivity index (χ3v) is 9.43. The number of benzene rings is 2. The van der Waals surface area contributed by atoms with Gasteiger partial charge in [0.05, 0.1) is 22.3 Å². The van der Waals surface area contributed by atoms with Crippen LogP contribution in [0.2, 0.25) is 5.02 Å². The monoisotopic (exact) mass is 546 g/mol. The van der Waals surface area contributed by atoms with E-state index in [4.69, 9.17) is 16.1 Å². The summed E-state index contributed by atoms with van der Waals surface area (Å²) < 4.78 is 5.34. The number of fused-ring (bicyclic) bond motifs is 1. The fourth-order valence-corrected chi connectivity index (χ4v) is 6.82. The highest BCUT2D eigenvalue weighted by molar-refractivity contribution is 6.33. The van der Waals surface area contributed by atoms with Crippen molar-refractivity contribution in [3.63, 3.8) is 0 Å². The van der Waals surface area contributed by atoms with Crippen molar-refractivity contribution < 1.29 is 14.1 Å². The summed E-state index contributed by atoms with van der Waals surface area (Å²) in [6.45, 7) is 8.53. The van der Waals surface area contributed by atoms with Crippen molar-refractivity contribution in [2.45, 2.75) is 58.5 Å². The zero-order valence-electron chi connectivity index (χ0n) is 22.6. The van der Waals surface area contributed by atoms with E-state index >= 15 is 0 Å². The summed E-state index contributed by atoms with van der Waals surface area (Å²) in [5.41, 5.74) is 5.80. The molecule has 7 nitrogen and oxygen atoms in total. The van der Waals surface area contributed by atoms with Crippen molar-refractivity contribution in [2.75, 3.05) is 26.2 Å². The first-order chi connectivity index (χ1) is 18.8. The van der Waals surface area contributed by atoms with Crippen molar-refractivity contribution in [1.82, 2.24) is 20.3 Å². The number of rotatable bonds is 5. The predicted molar refractivity (Wildman–Crippen MR) is 150 cm³/mol. The predicted octanol–water partition coefficient (Wildman–Crippen LogP) is 5.49. The Morgan fingerprint density at radius 3 is 2.62 bits per heavy atom. The van der Waals surface area contributed by atoms with Gasteiger partial charge >= 0.3 is 0 Å². The minimum absolute atomic E-state index is 0.0934. The number of likely N-dealkylation sites (tertiary alicyclic amines) is 2. The number of hydrogen-bond acceptors (Lipinski definition) is 5. The average Bonchev–Trinajstić information content (AvgIpc) is 3.63. The van der Waals surface area contributed by atoms with Gasteiger partial charge in [-0.05, 0) is 99.8 Å². The Morgan fingerprint density at radius 1 is 1.10 bits per heavy atom. The van der Waals surface area contributed by atoms with Gasteiger partial charge in [-0.1, -0.05) is 35.0 Å². The van der Waals surface area contributed by atoms with E-state index < -0.39 is 0 Å². The van der Waals surface area contributed by atoms with Crippen LogP contribution in [0, 0.1) is 19.3 Å². The maximum absolute atomic E-state index is 13.6. The molecule has 0 saturated carbocycles. The third kappa shape index (κ3) is 5.10. The van der Waals surface area contributed by atoms with Crippen LogP contribution in [0.25, 0.3) is 0 Å². The first kappa shape index (κ1) is 26.1. The van der Waals surface area contributed by atoms with E-state index in [1.54, 1.807) is 12.1 Å². The van der Waals surface area contributed by atoms with Crippen LogP contribution in [-0.2, 0) is 13.0 Å². The van der Waals surface area contributed by atoms with Gasteiger partial charge in [-0.2, -0.15) is 0 Å². The number of carbonyl (C=O) groups excluding carboxylic acids is 2. The SMILES string of the molecule is Cc1noc(C)c1CN1CCC2(CC1)CCN(C(=O)c1ccc3c(c1)C(NC(=O)c1ccccc1Cl)CC3)C2. The molecule has 3 aliphatic rings. The molecule has 0 bridgehead atoms. The molecule has 2 fully saturated rings. The molecule has 1 spiro atoms. The van der Waals surface area contributed by atoms with Crippen molar-refractivity contribution in [1.29, 1.82) is 0 Å². The lowest BCUT2D eigenvalue weighted by Gasteiger charge is -2.39. The molecular weight excluding hydrogens is 512 g/mol. The molecule has 1 atom stereocenters. The first-order valence-electron chi connectivity index (χ1n) is 13.9. The Morgan fingerprint density at radius 2 is 1.87 bits per heavy atom. The zero-order chi connectivity index (χ0) is 27.1. The van der Waals surface area contributed by atoms with Crippen molar-refractivity contribution >= 4 is 23.4 Å². The summed E-state index contributed by atoms with van der Waals surface area (Å²) in [4.78, 5) is 31.0. The fourth-order valence-electron chi connectivity index (χ4n) is 6.60. The van der Waals surface area contributed by atoms with Crippen LogP contribution in [0.1, 0.15) is 80.6 Å². The highest BCUT2D eigenvalue weighted by atomic mass is 35.5. The summed E-state index contributed by atoms with van der Waals surface area (Å²) in [5, 5.41) is 7.67. The highest BCUT2D eigenvalue weighted by Gasteiger charge is 2.42. The van der Waals surface area contributed by atoms with E-state index in [2.05, 4.69) is 21.4 Å². The van der Waals surface area contributed by atoms with Gasteiger partial charge in [-0.25, -0.2) is 0 Å². The number of nitrogens with zero attached hydrogens (tertiary/aromatic N) is 3. The Labute approximate surface area is 234 Å². The summed E-state index contributed by atoms with van der Waals surface area (Å²) in [6, 6.07) is 13.0. The molecule has 3 heterocycles. The van der Waals surface area contributed by atoms with E-state index in [-0.39, 0.29) is 23.3 Å². The molecule has 2 aromatic carbocycles. The maximum Gasteiger partial charge on any atom is 0.253 e. The Balaban J connectivity index is 1.09. The smallest absolute Gasteiger partial charge is 0.253 e. The normalized spacial score (nSPS) is 20.4. The van der Waals surface area contributed by atoms with Gasteiger partial charge in [0.2, 0.25) is 0 Å². The molecule has 8 heteroatoms. The number of halogens is 1. The standard InChI is InChI=1S/C31H35ClN4O3/c1-20-26(21(2)39-34-20)18-35-14-11-31(12-15-35)13-16-36(19-31)30(38)23-8-7-22-9-10-28(25(22)17-23)33-29(37)24-5-3-4-6-27(24)32/h3-8,17,28H,9-16,18-19H2,1-2H3,(H,33,37). The fraction of sp³-hybridized carbons (Fsp3) is 0.452. The van der Waals surface area contributed by atoms with Crippen molar-refractivity contribution in [3.8, 4) is 0 Å². The summed E-state index contributed by atoms with van der Waals surface area (Å²) in [5.74, 6) is 0.818. The highest BCUT2D eigenvalue weighted by Crippen LogP contribution is 2.41. The molecule has 1 aromatic heterocycles. The third-order valence-electron chi connectivity index (χ3n) is 9.10. The van der Waals surface area contributed by atoms with Gasteiger partial charge in [-0.3, -0.25) is 14.5 Å². The minimum Gasteiger partial charge on any atom is -0.361 e. The zero-order valence-corrected chi connectivity index (χ0v) is 23.4. The molecule has 1 aliphatic carbocycles. The number of amides is 2. The van der Waals surface area contributed by atoms with Gasteiger partial charge < -0.3 is 14.7 Å². The molecule has 3 aromatic rings. The van der Waals surface area contributed by atoms with E-state index in [0.29, 0.717) is 16.1 Å². The largest absolute Gasteiger partial charge is 0.361 e. The topological polar surface area (TPSA) is 78.7 Å². The van der Waals surface area contributed by atoms with Crippen molar-refractivity contribution in [2.24, 2.45) is 5.41 Å². The maximum atomic E-state index is 13.6. The van der Waals surface area contributed by atoms with Crippen LogP contribution in [0.3, 0.4) is 0 Å². The van der Waals surface area contributed by atoms with E-state index in [1.807, 2.05) is 43.0 Å². The van der Waals surface area contributed by atoms with Gasteiger partial charge in [0, 0.05) is 30.8 Å². The number of piperidine rings is 1. The number of aromatic nitrogens is 1. The number of carbonyl (C=O) groups is 2. The number of aryl methyl sites for hydroxylation is 3. The summed E-state index contributed by atoms with van der Waals surface area (Å²) >= 11 is 6.24. The first-order valence-corrected chi connectivity index (χ1v) is 14.3. The number of hydrogen-bond donors (Lipinski definition) is 1. The van der Waals surface area contributed by atoms with Crippen LogP contribution < -0.4 is 5.32 Å².